The van der Waals surface area contributed by atoms with Gasteiger partial charge in [-0.15, -0.1) is 0 Å². The van der Waals surface area contributed by atoms with Gasteiger partial charge in [-0.25, -0.2) is 4.79 Å². The Morgan fingerprint density at radius 2 is 1.96 bits per heavy atom. The summed E-state index contributed by atoms with van der Waals surface area (Å²) in [4.78, 5) is 23.1. The van der Waals surface area contributed by atoms with Gasteiger partial charge >= 0.3 is 5.97 Å². The Bertz CT molecular complexity index is 782. The number of carboxylic acid groups (broad SMARTS) is 1. The molecule has 0 radical (unpaired) electrons. The number of nitrogens with zero attached hydrogens (tertiary/aromatic N) is 1. The molecule has 1 amide bonds. The van der Waals surface area contributed by atoms with Crippen molar-refractivity contribution in [1.29, 1.82) is 0 Å². The zero-order valence-corrected chi connectivity index (χ0v) is 14.7. The molecule has 0 saturated heterocycles. The number of aryl methyl sites for hydroxylation is 1. The van der Waals surface area contributed by atoms with Crippen molar-refractivity contribution < 1.29 is 24.0 Å². The molecule has 7 heteroatoms. The molecule has 138 valence electrons. The van der Waals surface area contributed by atoms with E-state index in [0.29, 0.717) is 11.4 Å². The van der Waals surface area contributed by atoms with Crippen LogP contribution in [0.2, 0.25) is 0 Å². The summed E-state index contributed by atoms with van der Waals surface area (Å²) in [5, 5.41) is 15.5. The first kappa shape index (κ1) is 18.0. The molecule has 1 aromatic carbocycles. The molecule has 0 fully saturated rings. The molecule has 1 heterocycles. The van der Waals surface area contributed by atoms with Crippen molar-refractivity contribution in [1.82, 2.24) is 10.5 Å². The molecule has 0 bridgehead atoms. The van der Waals surface area contributed by atoms with E-state index in [1.54, 1.807) is 24.3 Å². The van der Waals surface area contributed by atoms with Crippen molar-refractivity contribution in [3.05, 3.63) is 46.8 Å². The van der Waals surface area contributed by atoms with Crippen molar-refractivity contribution in [2.45, 2.75) is 45.1 Å². The number of ether oxygens (including phenoxy) is 1. The molecule has 1 aliphatic carbocycles. The fraction of sp³-hybridized carbons (Fsp3) is 0.421. The average Bonchev–Trinajstić information content (AvgIpc) is 2.89. The zero-order valence-electron chi connectivity index (χ0n) is 14.7. The highest BCUT2D eigenvalue weighted by Gasteiger charge is 2.24. The number of fused-ring (bicyclic) bond motifs is 1. The number of benzene rings is 1. The van der Waals surface area contributed by atoms with Gasteiger partial charge in [-0.3, -0.25) is 4.79 Å². The number of nitrogens with one attached hydrogen (secondary N) is 1. The lowest BCUT2D eigenvalue weighted by molar-refractivity contribution is -0.139. The SMILES string of the molecule is CC(NC(=O)c1noc2c1CCCCC2)c1ccc(OCC(=O)O)cc1. The van der Waals surface area contributed by atoms with E-state index in [1.807, 2.05) is 6.92 Å². The molecule has 26 heavy (non-hydrogen) atoms. The standard InChI is InChI=1S/C19H22N2O5/c1-12(13-7-9-14(10-8-13)25-11-17(22)23)20-19(24)18-15-5-3-2-4-6-16(15)26-21-18/h7-10,12H,2-6,11H2,1H3,(H,20,24)(H,22,23). The Morgan fingerprint density at radius 3 is 2.69 bits per heavy atom. The summed E-state index contributed by atoms with van der Waals surface area (Å²) in [6.45, 7) is 1.49. The van der Waals surface area contributed by atoms with Crippen molar-refractivity contribution in [3.8, 4) is 5.75 Å². The number of aromatic nitrogens is 1. The van der Waals surface area contributed by atoms with E-state index in [2.05, 4.69) is 10.5 Å². The number of carboxylic acids is 1. The van der Waals surface area contributed by atoms with Crippen LogP contribution in [0.4, 0.5) is 0 Å². The first-order valence-electron chi connectivity index (χ1n) is 8.77. The molecule has 1 atom stereocenters. The zero-order chi connectivity index (χ0) is 18.5. The minimum atomic E-state index is -1.03. The number of carbonyl (C=O) groups excluding carboxylic acids is 1. The van der Waals surface area contributed by atoms with Crippen molar-refractivity contribution in [2.24, 2.45) is 0 Å². The normalized spacial score (nSPS) is 14.8. The molecule has 2 aromatic rings. The Labute approximate surface area is 151 Å². The third kappa shape index (κ3) is 4.22. The number of aliphatic carboxylic acids is 1. The lowest BCUT2D eigenvalue weighted by Crippen LogP contribution is -2.27. The number of amides is 1. The van der Waals surface area contributed by atoms with Gasteiger partial charge in [0, 0.05) is 12.0 Å². The minimum absolute atomic E-state index is 0.228. The van der Waals surface area contributed by atoms with E-state index in [4.69, 9.17) is 14.4 Å². The van der Waals surface area contributed by atoms with Gasteiger partial charge in [0.05, 0.1) is 6.04 Å². The number of rotatable bonds is 6. The largest absolute Gasteiger partial charge is 0.482 e. The minimum Gasteiger partial charge on any atom is -0.482 e. The quantitative estimate of drug-likeness (QED) is 0.770. The van der Waals surface area contributed by atoms with Crippen LogP contribution in [0.1, 0.15) is 59.6 Å². The summed E-state index contributed by atoms with van der Waals surface area (Å²) in [6, 6.07) is 6.73. The molecule has 2 N–H and O–H groups in total. The van der Waals surface area contributed by atoms with Gasteiger partial charge in [-0.05, 0) is 43.9 Å². The van der Waals surface area contributed by atoms with Crippen LogP contribution < -0.4 is 10.1 Å². The molecule has 7 nitrogen and oxygen atoms in total. The van der Waals surface area contributed by atoms with Gasteiger partial charge in [0.1, 0.15) is 11.5 Å². The third-order valence-corrected chi connectivity index (χ3v) is 4.51. The lowest BCUT2D eigenvalue weighted by Gasteiger charge is -2.14. The molecule has 0 spiro atoms. The van der Waals surface area contributed by atoms with Crippen LogP contribution in [0.3, 0.4) is 0 Å². The maximum atomic E-state index is 12.6. The van der Waals surface area contributed by atoms with Gasteiger partial charge in [0.25, 0.3) is 5.91 Å². The fourth-order valence-corrected chi connectivity index (χ4v) is 3.09. The first-order chi connectivity index (χ1) is 12.5. The molecular formula is C19H22N2O5. The first-order valence-corrected chi connectivity index (χ1v) is 8.77. The van der Waals surface area contributed by atoms with Gasteiger partial charge in [0.15, 0.2) is 12.3 Å². The maximum absolute atomic E-state index is 12.6. The molecule has 3 rings (SSSR count). The second-order valence-electron chi connectivity index (χ2n) is 6.44. The summed E-state index contributed by atoms with van der Waals surface area (Å²) in [7, 11) is 0. The monoisotopic (exact) mass is 358 g/mol. The van der Waals surface area contributed by atoms with Crippen LogP contribution >= 0.6 is 0 Å². The Kier molecular flexibility index (Phi) is 5.55. The smallest absolute Gasteiger partial charge is 0.341 e. The fourth-order valence-electron chi connectivity index (χ4n) is 3.09. The maximum Gasteiger partial charge on any atom is 0.341 e. The third-order valence-electron chi connectivity index (χ3n) is 4.51. The van der Waals surface area contributed by atoms with Crippen LogP contribution in [-0.2, 0) is 17.6 Å². The van der Waals surface area contributed by atoms with E-state index >= 15 is 0 Å². The Hall–Kier alpha value is -2.83. The van der Waals surface area contributed by atoms with Crippen LogP contribution in [0.15, 0.2) is 28.8 Å². The van der Waals surface area contributed by atoms with E-state index in [0.717, 1.165) is 49.0 Å². The summed E-state index contributed by atoms with van der Waals surface area (Å²) in [5.41, 5.74) is 2.20. The average molecular weight is 358 g/mol. The van der Waals surface area contributed by atoms with Crippen LogP contribution in [0, 0.1) is 0 Å². The highest BCUT2D eigenvalue weighted by Crippen LogP contribution is 2.24. The Morgan fingerprint density at radius 1 is 1.23 bits per heavy atom. The summed E-state index contributed by atoms with van der Waals surface area (Å²) < 4.78 is 10.5. The van der Waals surface area contributed by atoms with E-state index in [9.17, 15) is 9.59 Å². The van der Waals surface area contributed by atoms with Crippen LogP contribution in [0.25, 0.3) is 0 Å². The number of carbonyl (C=O) groups is 2. The van der Waals surface area contributed by atoms with E-state index in [-0.39, 0.29) is 18.6 Å². The predicted molar refractivity (Wildman–Crippen MR) is 93.2 cm³/mol. The summed E-state index contributed by atoms with van der Waals surface area (Å²) in [5.74, 6) is 0.0359. The van der Waals surface area contributed by atoms with Gasteiger partial charge < -0.3 is 19.7 Å². The number of hydrogen-bond acceptors (Lipinski definition) is 5. The topological polar surface area (TPSA) is 102 Å². The van der Waals surface area contributed by atoms with E-state index in [1.165, 1.54) is 0 Å². The lowest BCUT2D eigenvalue weighted by atomic mass is 10.1. The Balaban J connectivity index is 1.64. The van der Waals surface area contributed by atoms with Crippen molar-refractivity contribution in [2.75, 3.05) is 6.61 Å². The van der Waals surface area contributed by atoms with Crippen molar-refractivity contribution in [3.63, 3.8) is 0 Å². The summed E-state index contributed by atoms with van der Waals surface area (Å²) >= 11 is 0. The van der Waals surface area contributed by atoms with Crippen LogP contribution in [0.5, 0.6) is 5.75 Å². The van der Waals surface area contributed by atoms with Gasteiger partial charge in [-0.2, -0.15) is 0 Å². The number of hydrogen-bond donors (Lipinski definition) is 2. The van der Waals surface area contributed by atoms with Gasteiger partial charge in [0.2, 0.25) is 0 Å². The molecule has 0 saturated carbocycles. The molecule has 1 unspecified atom stereocenters. The van der Waals surface area contributed by atoms with Crippen LogP contribution in [-0.4, -0.2) is 28.7 Å². The predicted octanol–water partition coefficient (Wildman–Crippen LogP) is 2.90. The van der Waals surface area contributed by atoms with E-state index < -0.39 is 5.97 Å². The highest BCUT2D eigenvalue weighted by molar-refractivity contribution is 5.94. The van der Waals surface area contributed by atoms with Gasteiger partial charge in [-0.1, -0.05) is 23.7 Å². The van der Waals surface area contributed by atoms with Crippen molar-refractivity contribution >= 4 is 11.9 Å². The second kappa shape index (κ2) is 8.03. The second-order valence-corrected chi connectivity index (χ2v) is 6.44. The highest BCUT2D eigenvalue weighted by atomic mass is 16.5. The molecule has 0 aliphatic heterocycles. The molecule has 1 aromatic heterocycles. The molecule has 1 aliphatic rings. The molecular weight excluding hydrogens is 336 g/mol. The summed E-state index contributed by atoms with van der Waals surface area (Å²) in [6.07, 6.45) is 4.91.